The number of pyridine rings is 1. The lowest BCUT2D eigenvalue weighted by molar-refractivity contribution is -0.139. The Bertz CT molecular complexity index is 890. The van der Waals surface area contributed by atoms with Gasteiger partial charge in [-0.15, -0.1) is 0 Å². The minimum atomic E-state index is -0.121. The van der Waals surface area contributed by atoms with Gasteiger partial charge in [-0.3, -0.25) is 19.5 Å². The van der Waals surface area contributed by atoms with Gasteiger partial charge in [-0.1, -0.05) is 18.2 Å². The monoisotopic (exact) mass is 406 g/mol. The van der Waals surface area contributed by atoms with Crippen LogP contribution in [0.25, 0.3) is 0 Å². The molecule has 2 aromatic rings. The summed E-state index contributed by atoms with van der Waals surface area (Å²) >= 11 is 0. The molecule has 4 amide bonds. The summed E-state index contributed by atoms with van der Waals surface area (Å²) in [5.74, 6) is 0.335. The van der Waals surface area contributed by atoms with E-state index in [-0.39, 0.29) is 24.4 Å². The maximum Gasteiger partial charge on any atom is 0.321 e. The topological polar surface area (TPSA) is 82.6 Å². The highest BCUT2D eigenvalue weighted by atomic mass is 16.2. The van der Waals surface area contributed by atoms with E-state index in [0.717, 1.165) is 37.9 Å². The molecule has 0 saturated carbocycles. The number of nitrogens with one attached hydrogen (secondary N) is 1. The quantitative estimate of drug-likeness (QED) is 0.773. The molecule has 2 aliphatic rings. The van der Waals surface area contributed by atoms with E-state index < -0.39 is 0 Å². The molecule has 1 aromatic carbocycles. The summed E-state index contributed by atoms with van der Waals surface area (Å²) in [4.78, 5) is 43.4. The van der Waals surface area contributed by atoms with Crippen molar-refractivity contribution in [2.24, 2.45) is 5.92 Å². The molecule has 0 radical (unpaired) electrons. The fourth-order valence-electron chi connectivity index (χ4n) is 4.07. The number of aromatic nitrogens is 1. The second-order valence-electron chi connectivity index (χ2n) is 8.00. The van der Waals surface area contributed by atoms with Gasteiger partial charge in [-0.25, -0.2) is 4.79 Å². The van der Waals surface area contributed by atoms with E-state index in [4.69, 9.17) is 0 Å². The minimum absolute atomic E-state index is 0.0903. The Kier molecular flexibility index (Phi) is 6.07. The molecule has 4 rings (SSSR count). The van der Waals surface area contributed by atoms with Crippen molar-refractivity contribution in [1.29, 1.82) is 0 Å². The van der Waals surface area contributed by atoms with Crippen molar-refractivity contribution in [3.8, 4) is 0 Å². The van der Waals surface area contributed by atoms with Gasteiger partial charge >= 0.3 is 6.03 Å². The molecule has 0 aliphatic carbocycles. The highest BCUT2D eigenvalue weighted by Crippen LogP contribution is 2.22. The zero-order valence-electron chi connectivity index (χ0n) is 16.9. The predicted molar refractivity (Wildman–Crippen MR) is 112 cm³/mol. The molecule has 7 nitrogen and oxygen atoms in total. The lowest BCUT2D eigenvalue weighted by Crippen LogP contribution is -2.41. The number of anilines is 1. The van der Waals surface area contributed by atoms with Crippen LogP contribution in [0.5, 0.6) is 0 Å². The maximum atomic E-state index is 12.6. The van der Waals surface area contributed by atoms with E-state index in [1.54, 1.807) is 6.20 Å². The predicted octanol–water partition coefficient (Wildman–Crippen LogP) is 3.22. The minimum Gasteiger partial charge on any atom is -0.325 e. The Labute approximate surface area is 176 Å². The van der Waals surface area contributed by atoms with Crippen LogP contribution in [-0.4, -0.2) is 45.7 Å². The number of imide groups is 1. The molecule has 0 spiro atoms. The van der Waals surface area contributed by atoms with Crippen LogP contribution in [0.3, 0.4) is 0 Å². The number of benzene rings is 1. The van der Waals surface area contributed by atoms with Gasteiger partial charge in [0.05, 0.1) is 6.54 Å². The zero-order chi connectivity index (χ0) is 20.9. The van der Waals surface area contributed by atoms with Crippen molar-refractivity contribution in [3.05, 3.63) is 59.9 Å². The molecular formula is C23H26N4O3. The highest BCUT2D eigenvalue weighted by molar-refractivity contribution is 6.01. The van der Waals surface area contributed by atoms with E-state index in [9.17, 15) is 14.4 Å². The van der Waals surface area contributed by atoms with Crippen LogP contribution < -0.4 is 5.32 Å². The van der Waals surface area contributed by atoms with E-state index in [1.165, 1.54) is 10.5 Å². The number of carbonyl (C=O) groups excluding carboxylic acids is 3. The Hall–Kier alpha value is -3.22. The van der Waals surface area contributed by atoms with Crippen LogP contribution in [-0.2, 0) is 22.6 Å². The number of likely N-dealkylation sites (tertiary alicyclic amines) is 2. The Morgan fingerprint density at radius 3 is 2.33 bits per heavy atom. The van der Waals surface area contributed by atoms with E-state index in [1.807, 2.05) is 41.4 Å². The smallest absolute Gasteiger partial charge is 0.321 e. The van der Waals surface area contributed by atoms with Crippen molar-refractivity contribution >= 4 is 23.5 Å². The number of urea groups is 1. The summed E-state index contributed by atoms with van der Waals surface area (Å²) < 4.78 is 0. The van der Waals surface area contributed by atoms with Crippen molar-refractivity contribution in [2.45, 2.75) is 38.6 Å². The number of hydrogen-bond acceptors (Lipinski definition) is 4. The normalized spacial score (nSPS) is 17.5. The van der Waals surface area contributed by atoms with Gasteiger partial charge < -0.3 is 10.2 Å². The largest absolute Gasteiger partial charge is 0.325 e. The first-order chi connectivity index (χ1) is 14.6. The van der Waals surface area contributed by atoms with E-state index in [2.05, 4.69) is 16.4 Å². The van der Waals surface area contributed by atoms with Crippen LogP contribution in [0.4, 0.5) is 10.5 Å². The molecule has 1 aromatic heterocycles. The average molecular weight is 406 g/mol. The summed E-state index contributed by atoms with van der Waals surface area (Å²) in [5.41, 5.74) is 2.82. The van der Waals surface area contributed by atoms with Gasteiger partial charge in [-0.05, 0) is 54.5 Å². The van der Waals surface area contributed by atoms with E-state index >= 15 is 0 Å². The van der Waals surface area contributed by atoms with Crippen LogP contribution >= 0.6 is 0 Å². The van der Waals surface area contributed by atoms with Crippen molar-refractivity contribution in [2.75, 3.05) is 18.4 Å². The summed E-state index contributed by atoms with van der Waals surface area (Å²) in [5, 5.41) is 2.94. The summed E-state index contributed by atoms with van der Waals surface area (Å²) in [6.45, 7) is 1.78. The first-order valence-corrected chi connectivity index (χ1v) is 10.5. The lowest BCUT2D eigenvalue weighted by atomic mass is 9.91. The van der Waals surface area contributed by atoms with E-state index in [0.29, 0.717) is 24.4 Å². The van der Waals surface area contributed by atoms with Gasteiger partial charge in [0.15, 0.2) is 0 Å². The van der Waals surface area contributed by atoms with Gasteiger partial charge in [0, 0.05) is 44.0 Å². The van der Waals surface area contributed by atoms with Gasteiger partial charge in [0.2, 0.25) is 11.8 Å². The second-order valence-corrected chi connectivity index (χ2v) is 8.00. The van der Waals surface area contributed by atoms with Gasteiger partial charge in [0.25, 0.3) is 0 Å². The van der Waals surface area contributed by atoms with Crippen molar-refractivity contribution in [1.82, 2.24) is 14.8 Å². The third-order valence-electron chi connectivity index (χ3n) is 5.85. The second kappa shape index (κ2) is 9.07. The molecule has 2 aliphatic heterocycles. The average Bonchev–Trinajstić information content (AvgIpc) is 3.08. The standard InChI is InChI=1S/C23H26N4O3/c28-21-7-8-22(29)27(21)16-18-3-5-20(6-4-18)25-23(30)26-12-9-17(10-13-26)14-19-2-1-11-24-15-19/h1-6,11,15,17H,7-10,12-14,16H2,(H,25,30). The van der Waals surface area contributed by atoms with Crippen molar-refractivity contribution < 1.29 is 14.4 Å². The Balaban J connectivity index is 1.25. The number of rotatable bonds is 5. The van der Waals surface area contributed by atoms with Crippen LogP contribution in [0.1, 0.15) is 36.8 Å². The molecule has 0 bridgehead atoms. The molecular weight excluding hydrogens is 380 g/mol. The fourth-order valence-corrected chi connectivity index (χ4v) is 4.07. The van der Waals surface area contributed by atoms with Crippen LogP contribution in [0.2, 0.25) is 0 Å². The zero-order valence-corrected chi connectivity index (χ0v) is 16.9. The van der Waals surface area contributed by atoms with Crippen LogP contribution in [0, 0.1) is 5.92 Å². The lowest BCUT2D eigenvalue weighted by Gasteiger charge is -2.32. The molecule has 1 N–H and O–H groups in total. The third-order valence-corrected chi connectivity index (χ3v) is 5.85. The molecule has 3 heterocycles. The fraction of sp³-hybridized carbons (Fsp3) is 0.391. The molecule has 30 heavy (non-hydrogen) atoms. The first-order valence-electron chi connectivity index (χ1n) is 10.5. The molecule has 7 heteroatoms. The van der Waals surface area contributed by atoms with Crippen LogP contribution in [0.15, 0.2) is 48.8 Å². The molecule has 2 fully saturated rings. The SMILES string of the molecule is O=C(Nc1ccc(CN2C(=O)CCC2=O)cc1)N1CCC(Cc2cccnc2)CC1. The Morgan fingerprint density at radius 1 is 1.00 bits per heavy atom. The number of carbonyl (C=O) groups is 3. The summed E-state index contributed by atoms with van der Waals surface area (Å²) in [6.07, 6.45) is 7.27. The number of nitrogens with zero attached hydrogens (tertiary/aromatic N) is 3. The number of hydrogen-bond donors (Lipinski definition) is 1. The maximum absolute atomic E-state index is 12.6. The molecule has 0 atom stereocenters. The van der Waals surface area contributed by atoms with Gasteiger partial charge in [-0.2, -0.15) is 0 Å². The molecule has 0 unspecified atom stereocenters. The summed E-state index contributed by atoms with van der Waals surface area (Å²) in [6, 6.07) is 11.3. The first kappa shape index (κ1) is 20.1. The highest BCUT2D eigenvalue weighted by Gasteiger charge is 2.28. The van der Waals surface area contributed by atoms with Crippen molar-refractivity contribution in [3.63, 3.8) is 0 Å². The molecule has 2 saturated heterocycles. The van der Waals surface area contributed by atoms with Gasteiger partial charge in [0.1, 0.15) is 0 Å². The number of amides is 4. The Morgan fingerprint density at radius 2 is 1.70 bits per heavy atom. The number of piperidine rings is 1. The summed E-state index contributed by atoms with van der Waals surface area (Å²) in [7, 11) is 0. The molecule has 156 valence electrons. The third kappa shape index (κ3) is 4.84.